The summed E-state index contributed by atoms with van der Waals surface area (Å²) in [5.41, 5.74) is 4.42. The van der Waals surface area contributed by atoms with Crippen LogP contribution in [0.15, 0.2) is 84.3 Å². The van der Waals surface area contributed by atoms with Gasteiger partial charge < -0.3 is 5.32 Å². The Morgan fingerprint density at radius 2 is 1.73 bits per heavy atom. The first kappa shape index (κ1) is 24.5. The highest BCUT2D eigenvalue weighted by Gasteiger charge is 2.65. The number of nitrogens with zero attached hydrogens (tertiary/aromatic N) is 4. The number of aryl methyl sites for hydroxylation is 1. The number of rotatable bonds is 5. The summed E-state index contributed by atoms with van der Waals surface area (Å²) in [5, 5.41) is 7.10. The Kier molecular flexibility index (Phi) is 5.07. The number of fused-ring (bicyclic) bond motifs is 1. The molecule has 192 valence electrons. The molecule has 0 fully saturated rings. The minimum atomic E-state index is -9.93. The Morgan fingerprint density at radius 1 is 0.946 bits per heavy atom. The van der Waals surface area contributed by atoms with Gasteiger partial charge in [-0.2, -0.15) is 5.10 Å². The smallest absolute Gasteiger partial charge is 0.310 e. The second kappa shape index (κ2) is 7.65. The number of halogens is 5. The summed E-state index contributed by atoms with van der Waals surface area (Å²) in [4.78, 5) is 14.7. The van der Waals surface area contributed by atoms with Crippen LogP contribution in [0, 0.1) is 13.8 Å². The zero-order chi connectivity index (χ0) is 26.7. The quantitative estimate of drug-likeness (QED) is 0.235. The number of aromatic nitrogens is 4. The summed E-state index contributed by atoms with van der Waals surface area (Å²) in [6, 6.07) is 11.1. The molecule has 0 aliphatic rings. The summed E-state index contributed by atoms with van der Waals surface area (Å²) >= 11 is 0. The van der Waals surface area contributed by atoms with Gasteiger partial charge in [0.1, 0.15) is 10.5 Å². The van der Waals surface area contributed by atoms with Crippen molar-refractivity contribution in [3.8, 4) is 16.9 Å². The van der Waals surface area contributed by atoms with Gasteiger partial charge in [0.05, 0.1) is 11.4 Å². The molecule has 3 heterocycles. The molecule has 1 N–H and O–H groups in total. The SMILES string of the molecule is Cc1cc(NC(=O)c2cccc(S(F)(F)(F)(F)F)c2)cc(-n2ccn3nc(-c4cccnc4)cc23)c1C. The van der Waals surface area contributed by atoms with Crippen LogP contribution in [0.2, 0.25) is 0 Å². The topological polar surface area (TPSA) is 64.2 Å². The first-order valence-electron chi connectivity index (χ1n) is 10.9. The maximum absolute atomic E-state index is 13.2. The molecule has 0 saturated heterocycles. The van der Waals surface area contributed by atoms with Gasteiger partial charge in [0, 0.05) is 47.7 Å². The van der Waals surface area contributed by atoms with Gasteiger partial charge in [0.25, 0.3) is 5.91 Å². The van der Waals surface area contributed by atoms with Gasteiger partial charge in [-0.05, 0) is 67.4 Å². The number of anilines is 1. The second-order valence-corrected chi connectivity index (χ2v) is 11.0. The van der Waals surface area contributed by atoms with Crippen molar-refractivity contribution in [2.75, 3.05) is 5.32 Å². The molecule has 3 aromatic heterocycles. The van der Waals surface area contributed by atoms with Gasteiger partial charge in [-0.25, -0.2) is 4.52 Å². The Hall–Kier alpha value is -4.19. The molecule has 37 heavy (non-hydrogen) atoms. The summed E-state index contributed by atoms with van der Waals surface area (Å²) in [7, 11) is -9.93. The molecule has 12 heteroatoms. The fourth-order valence-electron chi connectivity index (χ4n) is 3.98. The zero-order valence-electron chi connectivity index (χ0n) is 19.5. The molecule has 1 amide bonds. The van der Waals surface area contributed by atoms with E-state index in [0.717, 1.165) is 34.5 Å². The average Bonchev–Trinajstić information content (AvgIpc) is 3.42. The van der Waals surface area contributed by atoms with Crippen LogP contribution in [0.3, 0.4) is 0 Å². The lowest BCUT2D eigenvalue weighted by Crippen LogP contribution is -2.14. The van der Waals surface area contributed by atoms with Crippen LogP contribution in [0.25, 0.3) is 22.6 Å². The number of nitrogens with one attached hydrogen (secondary N) is 1. The molecule has 0 radical (unpaired) electrons. The number of pyridine rings is 1. The molecule has 0 aliphatic carbocycles. The van der Waals surface area contributed by atoms with Crippen molar-refractivity contribution in [2.24, 2.45) is 0 Å². The summed E-state index contributed by atoms with van der Waals surface area (Å²) < 4.78 is 69.6. The summed E-state index contributed by atoms with van der Waals surface area (Å²) in [5.74, 6) is -0.946. The lowest BCUT2D eigenvalue weighted by Gasteiger charge is -2.40. The van der Waals surface area contributed by atoms with Gasteiger partial charge >= 0.3 is 10.2 Å². The molecule has 0 bridgehead atoms. The highest BCUT2D eigenvalue weighted by atomic mass is 32.5. The highest BCUT2D eigenvalue weighted by Crippen LogP contribution is 3.02. The molecule has 5 aromatic rings. The minimum absolute atomic E-state index is 0.167. The Morgan fingerprint density at radius 3 is 2.43 bits per heavy atom. The highest BCUT2D eigenvalue weighted by molar-refractivity contribution is 8.45. The Labute approximate surface area is 208 Å². The lowest BCUT2D eigenvalue weighted by atomic mass is 10.1. The normalized spacial score (nSPS) is 13.8. The Balaban J connectivity index is 1.51. The molecular formula is C25H20F5N5OS. The van der Waals surface area contributed by atoms with E-state index in [1.807, 2.05) is 30.5 Å². The van der Waals surface area contributed by atoms with Crippen LogP contribution in [0.1, 0.15) is 21.5 Å². The van der Waals surface area contributed by atoms with E-state index in [4.69, 9.17) is 0 Å². The number of imidazole rings is 1. The number of carbonyl (C=O) groups excluding carboxylic acids is 1. The number of carbonyl (C=O) groups is 1. The van der Waals surface area contributed by atoms with E-state index in [1.165, 1.54) is 0 Å². The Bertz CT molecular complexity index is 1680. The van der Waals surface area contributed by atoms with Crippen LogP contribution in [-0.2, 0) is 0 Å². The third-order valence-corrected chi connectivity index (χ3v) is 7.12. The van der Waals surface area contributed by atoms with E-state index in [-0.39, 0.29) is 12.1 Å². The second-order valence-electron chi connectivity index (χ2n) is 8.63. The van der Waals surface area contributed by atoms with E-state index in [2.05, 4.69) is 15.4 Å². The van der Waals surface area contributed by atoms with Crippen LogP contribution in [-0.4, -0.2) is 25.1 Å². The predicted molar refractivity (Wildman–Crippen MR) is 133 cm³/mol. The lowest BCUT2D eigenvalue weighted by molar-refractivity contribution is 0.102. The van der Waals surface area contributed by atoms with Crippen LogP contribution >= 0.6 is 10.2 Å². The zero-order valence-corrected chi connectivity index (χ0v) is 20.3. The van der Waals surface area contributed by atoms with Crippen LogP contribution in [0.4, 0.5) is 25.1 Å². The van der Waals surface area contributed by atoms with Crippen molar-refractivity contribution >= 4 is 27.5 Å². The maximum atomic E-state index is 13.2. The fraction of sp³-hybridized carbons (Fsp3) is 0.0800. The van der Waals surface area contributed by atoms with Gasteiger partial charge in [0.2, 0.25) is 0 Å². The molecule has 0 unspecified atom stereocenters. The fourth-order valence-corrected chi connectivity index (χ4v) is 4.67. The average molecular weight is 534 g/mol. The van der Waals surface area contributed by atoms with Gasteiger partial charge in [-0.1, -0.05) is 25.5 Å². The first-order valence-corrected chi connectivity index (χ1v) is 12.9. The summed E-state index contributed by atoms with van der Waals surface area (Å²) in [6.07, 6.45) is 6.92. The van der Waals surface area contributed by atoms with Crippen molar-refractivity contribution in [3.05, 3.63) is 96.1 Å². The molecular weight excluding hydrogens is 513 g/mol. The maximum Gasteiger partial charge on any atom is 0.310 e. The minimum Gasteiger partial charge on any atom is -0.322 e. The van der Waals surface area contributed by atoms with Crippen molar-refractivity contribution in [3.63, 3.8) is 0 Å². The van der Waals surface area contributed by atoms with Crippen molar-refractivity contribution in [2.45, 2.75) is 18.7 Å². The number of hydrogen-bond acceptors (Lipinski definition) is 3. The number of benzene rings is 2. The summed E-state index contributed by atoms with van der Waals surface area (Å²) in [6.45, 7) is 3.71. The monoisotopic (exact) mass is 533 g/mol. The first-order chi connectivity index (χ1) is 17.2. The van der Waals surface area contributed by atoms with Crippen LogP contribution in [0.5, 0.6) is 0 Å². The van der Waals surface area contributed by atoms with Crippen molar-refractivity contribution in [1.82, 2.24) is 19.2 Å². The van der Waals surface area contributed by atoms with E-state index in [0.29, 0.717) is 17.1 Å². The van der Waals surface area contributed by atoms with E-state index < -0.39 is 26.6 Å². The molecule has 0 aliphatic heterocycles. The molecule has 0 atom stereocenters. The van der Waals surface area contributed by atoms with Gasteiger partial charge in [-0.15, -0.1) is 0 Å². The van der Waals surface area contributed by atoms with Gasteiger partial charge in [-0.3, -0.25) is 14.3 Å². The van der Waals surface area contributed by atoms with E-state index in [9.17, 15) is 24.2 Å². The van der Waals surface area contributed by atoms with Crippen LogP contribution < -0.4 is 5.32 Å². The number of hydrogen-bond donors (Lipinski definition) is 1. The van der Waals surface area contributed by atoms with Gasteiger partial charge in [0.15, 0.2) is 0 Å². The molecule has 0 saturated carbocycles. The standard InChI is InChI=1S/C25H20F5N5OS/c1-16-11-20(32-25(36)18-5-3-7-21(12-18)37(26,27,28,29)30)13-23(17(16)2)34-9-10-35-24(34)14-22(33-35)19-6-4-8-31-15-19/h3-15H,1-2H3,(H,32,36). The van der Waals surface area contributed by atoms with E-state index >= 15 is 0 Å². The molecule has 6 nitrogen and oxygen atoms in total. The molecule has 2 aromatic carbocycles. The predicted octanol–water partition coefficient (Wildman–Crippen LogP) is 7.71. The third-order valence-electron chi connectivity index (χ3n) is 5.98. The van der Waals surface area contributed by atoms with Crippen molar-refractivity contribution in [1.29, 1.82) is 0 Å². The number of amides is 1. The molecule has 5 rings (SSSR count). The van der Waals surface area contributed by atoms with E-state index in [1.54, 1.807) is 47.5 Å². The largest absolute Gasteiger partial charge is 0.322 e. The third kappa shape index (κ3) is 4.79. The molecule has 0 spiro atoms. The van der Waals surface area contributed by atoms with Crippen molar-refractivity contribution < 1.29 is 24.2 Å².